The first-order valence-corrected chi connectivity index (χ1v) is 17.6. The van der Waals surface area contributed by atoms with Crippen LogP contribution in [0.2, 0.25) is 0 Å². The molecule has 0 radical (unpaired) electrons. The zero-order chi connectivity index (χ0) is 32.9. The smallest absolute Gasteiger partial charge is 0.306 e. The van der Waals surface area contributed by atoms with Gasteiger partial charge in [-0.2, -0.15) is 0 Å². The third-order valence-electron chi connectivity index (χ3n) is 10.0. The van der Waals surface area contributed by atoms with E-state index in [2.05, 4.69) is 17.2 Å². The molecule has 2 saturated heterocycles. The Kier molecular flexibility index (Phi) is 11.8. The van der Waals surface area contributed by atoms with E-state index in [1.54, 1.807) is 25.2 Å². The molecule has 7 atom stereocenters. The summed E-state index contributed by atoms with van der Waals surface area (Å²) in [6.07, 6.45) is 4.06. The van der Waals surface area contributed by atoms with Gasteiger partial charge in [0.15, 0.2) is 0 Å². The van der Waals surface area contributed by atoms with Crippen molar-refractivity contribution in [2.45, 2.75) is 136 Å². The summed E-state index contributed by atoms with van der Waals surface area (Å²) in [6, 6.07) is 5.77. The lowest BCUT2D eigenvalue weighted by Crippen LogP contribution is -2.48. The van der Waals surface area contributed by atoms with Gasteiger partial charge in [0, 0.05) is 12.8 Å². The van der Waals surface area contributed by atoms with Gasteiger partial charge in [0.05, 0.1) is 56.8 Å². The molecule has 250 valence electrons. The minimum atomic E-state index is -1.23. The molecule has 0 spiro atoms. The molecule has 1 aromatic carbocycles. The number of aliphatic hydroxyl groups is 1. The van der Waals surface area contributed by atoms with Crippen molar-refractivity contribution in [1.82, 2.24) is 10.3 Å². The summed E-state index contributed by atoms with van der Waals surface area (Å²) in [5.74, 6) is -1.51. The summed E-state index contributed by atoms with van der Waals surface area (Å²) >= 11 is 1.63. The van der Waals surface area contributed by atoms with Crippen LogP contribution < -0.4 is 11.1 Å². The fourth-order valence-electron chi connectivity index (χ4n) is 6.81. The first kappa shape index (κ1) is 35.5. The van der Waals surface area contributed by atoms with E-state index < -0.39 is 23.5 Å². The number of ketones is 1. The molecule has 1 aromatic heterocycles. The van der Waals surface area contributed by atoms with E-state index in [0.717, 1.165) is 52.9 Å². The number of nitrogens with zero attached hydrogens (tertiary/aromatic N) is 1. The average Bonchev–Trinajstić information content (AvgIpc) is 3.45. The molecule has 0 aliphatic carbocycles. The maximum atomic E-state index is 14.1. The fraction of sp³-hybridized carbons (Fsp3) is 0.714. The van der Waals surface area contributed by atoms with Crippen molar-refractivity contribution in [2.75, 3.05) is 6.54 Å². The third kappa shape index (κ3) is 8.70. The van der Waals surface area contributed by atoms with Crippen LogP contribution >= 0.6 is 11.3 Å². The van der Waals surface area contributed by atoms with Crippen molar-refractivity contribution in [3.05, 3.63) is 28.8 Å². The summed E-state index contributed by atoms with van der Waals surface area (Å²) in [7, 11) is 0. The molecule has 2 aliphatic heterocycles. The molecule has 10 heteroatoms. The normalized spacial score (nSPS) is 31.3. The molecule has 45 heavy (non-hydrogen) atoms. The minimum Gasteiger partial charge on any atom is -0.461 e. The first-order valence-electron chi connectivity index (χ1n) is 16.7. The number of aryl methyl sites for hydroxylation is 1. The Morgan fingerprint density at radius 3 is 2.69 bits per heavy atom. The van der Waals surface area contributed by atoms with Crippen molar-refractivity contribution in [3.8, 4) is 0 Å². The number of benzene rings is 1. The Morgan fingerprint density at radius 2 is 1.98 bits per heavy atom. The van der Waals surface area contributed by atoms with Gasteiger partial charge in [-0.05, 0) is 76.1 Å². The van der Waals surface area contributed by atoms with Crippen LogP contribution in [0.4, 0.5) is 0 Å². The summed E-state index contributed by atoms with van der Waals surface area (Å²) < 4.78 is 13.4. The zero-order valence-electron chi connectivity index (χ0n) is 27.9. The summed E-state index contributed by atoms with van der Waals surface area (Å²) in [4.78, 5) is 45.2. The number of nitrogens with two attached hydrogens (primary N) is 1. The second kappa shape index (κ2) is 15.0. The van der Waals surface area contributed by atoms with Gasteiger partial charge >= 0.3 is 5.97 Å². The average molecular weight is 644 g/mol. The highest BCUT2D eigenvalue weighted by molar-refractivity contribution is 7.18. The zero-order valence-corrected chi connectivity index (χ0v) is 28.7. The Labute approximate surface area is 272 Å². The third-order valence-corrected chi connectivity index (χ3v) is 11.0. The van der Waals surface area contributed by atoms with Crippen LogP contribution in [0.3, 0.4) is 0 Å². The van der Waals surface area contributed by atoms with Crippen LogP contribution in [0.25, 0.3) is 10.2 Å². The number of nitrogens with one attached hydrogen (secondary N) is 1. The van der Waals surface area contributed by atoms with Crippen LogP contribution in [0, 0.1) is 24.2 Å². The van der Waals surface area contributed by atoms with Gasteiger partial charge in [-0.1, -0.05) is 46.6 Å². The molecule has 2 fully saturated rings. The fourth-order valence-corrected chi connectivity index (χ4v) is 7.61. The lowest BCUT2D eigenvalue weighted by atomic mass is 9.71. The number of amides is 1. The number of fused-ring (bicyclic) bond motifs is 2. The number of aliphatic hydroxyl groups excluding tert-OH is 1. The molecule has 4 N–H and O–H groups in total. The lowest BCUT2D eigenvalue weighted by Gasteiger charge is -2.37. The number of carbonyl (C=O) groups excluding carboxylic acids is 3. The van der Waals surface area contributed by atoms with Crippen LogP contribution in [0.5, 0.6) is 0 Å². The van der Waals surface area contributed by atoms with E-state index in [4.69, 9.17) is 15.2 Å². The summed E-state index contributed by atoms with van der Waals surface area (Å²) in [5.41, 5.74) is 5.88. The monoisotopic (exact) mass is 643 g/mol. The van der Waals surface area contributed by atoms with Gasteiger partial charge in [-0.3, -0.25) is 14.4 Å². The van der Waals surface area contributed by atoms with Crippen molar-refractivity contribution in [2.24, 2.45) is 23.0 Å². The number of carbonyl (C=O) groups is 3. The topological polar surface area (TPSA) is 144 Å². The van der Waals surface area contributed by atoms with E-state index in [0.29, 0.717) is 25.8 Å². The molecule has 3 heterocycles. The van der Waals surface area contributed by atoms with Gasteiger partial charge in [-0.15, -0.1) is 11.3 Å². The maximum Gasteiger partial charge on any atom is 0.306 e. The molecule has 9 nitrogen and oxygen atoms in total. The second-order valence-corrected chi connectivity index (χ2v) is 15.2. The number of epoxide rings is 1. The van der Waals surface area contributed by atoms with Crippen molar-refractivity contribution in [3.63, 3.8) is 0 Å². The van der Waals surface area contributed by atoms with Gasteiger partial charge in [-0.25, -0.2) is 4.98 Å². The Morgan fingerprint density at radius 1 is 1.22 bits per heavy atom. The molecular formula is C35H53N3O6S. The molecule has 2 aliphatic rings. The van der Waals surface area contributed by atoms with E-state index in [-0.39, 0.29) is 54.2 Å². The maximum absolute atomic E-state index is 14.1. The van der Waals surface area contributed by atoms with Crippen molar-refractivity contribution < 1.29 is 29.0 Å². The number of unbranched alkanes of at least 4 members (excludes halogenated alkanes) is 2. The Bertz CT molecular complexity index is 1340. The summed E-state index contributed by atoms with van der Waals surface area (Å²) in [5, 5.41) is 15.5. The van der Waals surface area contributed by atoms with E-state index in [9.17, 15) is 19.5 Å². The highest BCUT2D eigenvalue weighted by Gasteiger charge is 2.53. The number of Topliss-reactive ketones (excluding diaryl/α,β-unsaturated/α-hetero) is 1. The highest BCUT2D eigenvalue weighted by atomic mass is 32.1. The Balaban J connectivity index is 1.58. The largest absolute Gasteiger partial charge is 0.461 e. The van der Waals surface area contributed by atoms with Crippen LogP contribution in [0.15, 0.2) is 18.2 Å². The van der Waals surface area contributed by atoms with Gasteiger partial charge < -0.3 is 25.6 Å². The number of ether oxygens (including phenoxy) is 2. The number of rotatable bonds is 8. The molecule has 0 unspecified atom stereocenters. The van der Waals surface area contributed by atoms with Gasteiger partial charge in [0.1, 0.15) is 11.9 Å². The SMILES string of the molecule is CC[C@H]1C(=O)C(C)(C)[C@@H](O)CC(=O)N[C@H](c2ccc3sc(C)nc3c2)C[C@@H]2O[C@]2(C)CCC[C@H](C)[C@@H]1OC(=O)CCCCCN. The van der Waals surface area contributed by atoms with Crippen molar-refractivity contribution >= 4 is 39.2 Å². The van der Waals surface area contributed by atoms with E-state index in [1.165, 1.54) is 0 Å². The molecule has 4 rings (SSSR count). The Hall–Kier alpha value is -2.40. The number of hydrogen-bond donors (Lipinski definition) is 3. The first-order chi connectivity index (χ1) is 21.3. The lowest BCUT2D eigenvalue weighted by molar-refractivity contribution is -0.161. The minimum absolute atomic E-state index is 0.0349. The molecule has 0 saturated carbocycles. The summed E-state index contributed by atoms with van der Waals surface area (Å²) in [6.45, 7) is 12.0. The van der Waals surface area contributed by atoms with E-state index in [1.807, 2.05) is 39.0 Å². The molecule has 1 amide bonds. The quantitative estimate of drug-likeness (QED) is 0.182. The predicted octanol–water partition coefficient (Wildman–Crippen LogP) is 5.93. The molecule has 0 bridgehead atoms. The molecular weight excluding hydrogens is 590 g/mol. The predicted molar refractivity (Wildman–Crippen MR) is 177 cm³/mol. The van der Waals surface area contributed by atoms with E-state index >= 15 is 0 Å². The molecule has 2 aromatic rings. The van der Waals surface area contributed by atoms with Crippen molar-refractivity contribution in [1.29, 1.82) is 0 Å². The highest BCUT2D eigenvalue weighted by Crippen LogP contribution is 2.46. The van der Waals surface area contributed by atoms with Gasteiger partial charge in [0.2, 0.25) is 5.91 Å². The van der Waals surface area contributed by atoms with Crippen LogP contribution in [-0.2, 0) is 23.9 Å². The van der Waals surface area contributed by atoms with Crippen LogP contribution in [-0.4, -0.2) is 58.2 Å². The van der Waals surface area contributed by atoms with Gasteiger partial charge in [0.25, 0.3) is 0 Å². The number of esters is 1. The number of aromatic nitrogens is 1. The number of thiazole rings is 1. The second-order valence-electron chi connectivity index (χ2n) is 14.0. The number of hydrogen-bond acceptors (Lipinski definition) is 9. The standard InChI is InChI=1S/C35H53N3O6S/c1-7-24-32(43-31(41)13-9-8-10-17-36)21(2)12-11-16-35(6)29(44-35)19-25(23-14-15-27-26(18-23)37-22(3)45-27)38-30(40)20-28(39)34(4,5)33(24)42/h14-15,18,21,24-25,28-29,32,39H,7-13,16-17,19-20,36H2,1-6H3,(H,38,40)/t21-,24+,25-,28-,29-,32-,35+/m0/s1. The van der Waals surface area contributed by atoms with Crippen LogP contribution in [0.1, 0.15) is 115 Å².